The van der Waals surface area contributed by atoms with E-state index in [2.05, 4.69) is 5.32 Å². The predicted octanol–water partition coefficient (Wildman–Crippen LogP) is 2.05. The quantitative estimate of drug-likeness (QED) is 0.502. The molecular formula is C11H12ClFN2O5S. The Balaban J connectivity index is 3.41. The molecule has 0 saturated carbocycles. The van der Waals surface area contributed by atoms with E-state index in [9.17, 15) is 27.7 Å². The molecule has 1 N–H and O–H groups in total. The van der Waals surface area contributed by atoms with Gasteiger partial charge >= 0.3 is 0 Å². The van der Waals surface area contributed by atoms with Gasteiger partial charge in [-0.05, 0) is 5.92 Å². The van der Waals surface area contributed by atoms with E-state index in [1.54, 1.807) is 13.8 Å². The zero-order chi connectivity index (χ0) is 16.4. The molecule has 10 heteroatoms. The minimum Gasteiger partial charge on any atom is -0.352 e. The topological polar surface area (TPSA) is 106 Å². The van der Waals surface area contributed by atoms with E-state index in [4.69, 9.17) is 10.7 Å². The lowest BCUT2D eigenvalue weighted by Gasteiger charge is -2.09. The molecule has 1 aromatic carbocycles. The lowest BCUT2D eigenvalue weighted by atomic mass is 10.1. The van der Waals surface area contributed by atoms with Crippen molar-refractivity contribution in [3.63, 3.8) is 0 Å². The number of hydrogen-bond acceptors (Lipinski definition) is 5. The van der Waals surface area contributed by atoms with Gasteiger partial charge in [-0.1, -0.05) is 13.8 Å². The van der Waals surface area contributed by atoms with Gasteiger partial charge in [0.05, 0.1) is 10.5 Å². The van der Waals surface area contributed by atoms with Crippen LogP contribution in [0.3, 0.4) is 0 Å². The van der Waals surface area contributed by atoms with Gasteiger partial charge in [-0.15, -0.1) is 0 Å². The summed E-state index contributed by atoms with van der Waals surface area (Å²) in [5.41, 5.74) is -1.49. The van der Waals surface area contributed by atoms with Crippen molar-refractivity contribution in [1.29, 1.82) is 0 Å². The molecule has 21 heavy (non-hydrogen) atoms. The van der Waals surface area contributed by atoms with Crippen LogP contribution in [-0.4, -0.2) is 25.8 Å². The fraction of sp³-hybridized carbons (Fsp3) is 0.364. The fourth-order valence-electron chi connectivity index (χ4n) is 1.42. The lowest BCUT2D eigenvalue weighted by molar-refractivity contribution is -0.385. The SMILES string of the molecule is CC(C)CNC(=O)c1cc([N+](=O)[O-])cc(S(=O)(=O)Cl)c1F. The molecule has 0 aromatic heterocycles. The second-order valence-electron chi connectivity index (χ2n) is 4.60. The summed E-state index contributed by atoms with van der Waals surface area (Å²) < 4.78 is 36.5. The summed E-state index contributed by atoms with van der Waals surface area (Å²) in [6.07, 6.45) is 0. The Labute approximate surface area is 124 Å². The van der Waals surface area contributed by atoms with Gasteiger partial charge in [-0.2, -0.15) is 0 Å². The Bertz CT molecular complexity index is 690. The number of rotatable bonds is 5. The maximum atomic E-state index is 14.0. The number of nitro groups is 1. The van der Waals surface area contributed by atoms with E-state index in [0.717, 1.165) is 0 Å². The molecule has 0 heterocycles. The van der Waals surface area contributed by atoms with Gasteiger partial charge in [0.25, 0.3) is 20.6 Å². The smallest absolute Gasteiger partial charge is 0.271 e. The number of non-ortho nitro benzene ring substituents is 1. The average molecular weight is 339 g/mol. The first kappa shape index (κ1) is 17.3. The minimum atomic E-state index is -4.56. The Morgan fingerprint density at radius 1 is 1.48 bits per heavy atom. The number of nitrogens with zero attached hydrogens (tertiary/aromatic N) is 1. The molecule has 0 fully saturated rings. The summed E-state index contributed by atoms with van der Waals surface area (Å²) in [5.74, 6) is -2.31. The summed E-state index contributed by atoms with van der Waals surface area (Å²) in [7, 11) is 0.459. The third-order valence-corrected chi connectivity index (χ3v) is 3.73. The highest BCUT2D eigenvalue weighted by Crippen LogP contribution is 2.27. The third-order valence-electron chi connectivity index (χ3n) is 2.41. The standard InChI is InChI=1S/C11H12ClFN2O5S/c1-6(2)5-14-11(16)8-3-7(15(17)18)4-9(10(8)13)21(12,19)20/h3-4,6H,5H2,1-2H3,(H,14,16). The van der Waals surface area contributed by atoms with Gasteiger partial charge < -0.3 is 5.32 Å². The van der Waals surface area contributed by atoms with Crippen molar-refractivity contribution in [3.05, 3.63) is 33.6 Å². The highest BCUT2D eigenvalue weighted by Gasteiger charge is 2.27. The van der Waals surface area contributed by atoms with Gasteiger partial charge in [0, 0.05) is 29.4 Å². The van der Waals surface area contributed by atoms with Crippen LogP contribution < -0.4 is 5.32 Å². The Morgan fingerprint density at radius 2 is 2.05 bits per heavy atom. The number of nitrogens with one attached hydrogen (secondary N) is 1. The zero-order valence-electron chi connectivity index (χ0n) is 11.1. The van der Waals surface area contributed by atoms with Crippen LogP contribution in [0.2, 0.25) is 0 Å². The Hall–Kier alpha value is -1.74. The van der Waals surface area contributed by atoms with E-state index in [0.29, 0.717) is 12.1 Å². The largest absolute Gasteiger partial charge is 0.352 e. The van der Waals surface area contributed by atoms with Crippen LogP contribution >= 0.6 is 10.7 Å². The van der Waals surface area contributed by atoms with Crippen LogP contribution in [0, 0.1) is 21.8 Å². The van der Waals surface area contributed by atoms with Crippen molar-refractivity contribution in [2.24, 2.45) is 5.92 Å². The van der Waals surface area contributed by atoms with Gasteiger partial charge in [-0.25, -0.2) is 12.8 Å². The molecule has 1 aromatic rings. The molecule has 1 amide bonds. The number of carbonyl (C=O) groups excluding carboxylic acids is 1. The molecule has 0 atom stereocenters. The molecule has 1 rings (SSSR count). The van der Waals surface area contributed by atoms with E-state index in [1.165, 1.54) is 0 Å². The van der Waals surface area contributed by atoms with Crippen LogP contribution in [-0.2, 0) is 9.05 Å². The van der Waals surface area contributed by atoms with Crippen molar-refractivity contribution in [2.75, 3.05) is 6.54 Å². The number of nitro benzene ring substituents is 1. The van der Waals surface area contributed by atoms with Crippen molar-refractivity contribution < 1.29 is 22.5 Å². The number of hydrogen-bond donors (Lipinski definition) is 1. The molecule has 0 radical (unpaired) electrons. The molecule has 0 aliphatic carbocycles. The van der Waals surface area contributed by atoms with Crippen molar-refractivity contribution in [3.8, 4) is 0 Å². The van der Waals surface area contributed by atoms with E-state index in [1.807, 2.05) is 0 Å². The number of benzene rings is 1. The average Bonchev–Trinajstić information content (AvgIpc) is 2.34. The highest BCUT2D eigenvalue weighted by molar-refractivity contribution is 8.13. The molecule has 0 bridgehead atoms. The second kappa shape index (κ2) is 6.35. The van der Waals surface area contributed by atoms with Crippen molar-refractivity contribution in [2.45, 2.75) is 18.7 Å². The Kier molecular flexibility index (Phi) is 5.24. The molecule has 0 spiro atoms. The molecule has 0 unspecified atom stereocenters. The summed E-state index contributed by atoms with van der Waals surface area (Å²) >= 11 is 0. The molecule has 0 aliphatic rings. The fourth-order valence-corrected chi connectivity index (χ4v) is 2.35. The van der Waals surface area contributed by atoms with E-state index >= 15 is 0 Å². The monoisotopic (exact) mass is 338 g/mol. The van der Waals surface area contributed by atoms with Crippen LogP contribution in [0.1, 0.15) is 24.2 Å². The van der Waals surface area contributed by atoms with Gasteiger partial charge in [0.1, 0.15) is 4.90 Å². The molecule has 7 nitrogen and oxygen atoms in total. The van der Waals surface area contributed by atoms with Crippen LogP contribution in [0.4, 0.5) is 10.1 Å². The third kappa shape index (κ3) is 4.36. The first-order valence-electron chi connectivity index (χ1n) is 5.74. The molecule has 0 aliphatic heterocycles. The van der Waals surface area contributed by atoms with Crippen molar-refractivity contribution in [1.82, 2.24) is 5.32 Å². The maximum absolute atomic E-state index is 14.0. The molecule has 0 saturated heterocycles. The van der Waals surface area contributed by atoms with E-state index < -0.39 is 41.8 Å². The Morgan fingerprint density at radius 3 is 2.48 bits per heavy atom. The molecule has 116 valence electrons. The summed E-state index contributed by atoms with van der Waals surface area (Å²) in [5, 5.41) is 13.1. The number of carbonyl (C=O) groups is 1. The maximum Gasteiger partial charge on any atom is 0.271 e. The first-order valence-corrected chi connectivity index (χ1v) is 8.05. The van der Waals surface area contributed by atoms with Gasteiger partial charge in [0.2, 0.25) is 0 Å². The van der Waals surface area contributed by atoms with Gasteiger partial charge in [0.15, 0.2) is 5.82 Å². The van der Waals surface area contributed by atoms with Gasteiger partial charge in [-0.3, -0.25) is 14.9 Å². The highest BCUT2D eigenvalue weighted by atomic mass is 35.7. The number of halogens is 2. The van der Waals surface area contributed by atoms with E-state index in [-0.39, 0.29) is 12.5 Å². The van der Waals surface area contributed by atoms with Crippen LogP contribution in [0.15, 0.2) is 17.0 Å². The predicted molar refractivity (Wildman–Crippen MR) is 73.3 cm³/mol. The van der Waals surface area contributed by atoms with Crippen LogP contribution in [0.5, 0.6) is 0 Å². The minimum absolute atomic E-state index is 0.0620. The number of amides is 1. The summed E-state index contributed by atoms with van der Waals surface area (Å²) in [6.45, 7) is 3.78. The second-order valence-corrected chi connectivity index (χ2v) is 7.14. The summed E-state index contributed by atoms with van der Waals surface area (Å²) in [6, 6.07) is 1.13. The van der Waals surface area contributed by atoms with Crippen molar-refractivity contribution >= 4 is 31.3 Å². The zero-order valence-corrected chi connectivity index (χ0v) is 12.7. The van der Waals surface area contributed by atoms with Crippen LogP contribution in [0.25, 0.3) is 0 Å². The lowest BCUT2D eigenvalue weighted by Crippen LogP contribution is -2.28. The molecular weight excluding hydrogens is 327 g/mol. The normalized spacial score (nSPS) is 11.5. The summed E-state index contributed by atoms with van der Waals surface area (Å²) in [4.78, 5) is 20.5. The first-order chi connectivity index (χ1) is 9.54.